The third-order valence-corrected chi connectivity index (χ3v) is 4.03. The zero-order chi connectivity index (χ0) is 16.7. The Labute approximate surface area is 138 Å². The summed E-state index contributed by atoms with van der Waals surface area (Å²) in [6.45, 7) is 6.36. The molecule has 1 aromatic carbocycles. The molecule has 0 bridgehead atoms. The summed E-state index contributed by atoms with van der Waals surface area (Å²) in [5, 5.41) is 0. The lowest BCUT2D eigenvalue weighted by Crippen LogP contribution is -2.41. The van der Waals surface area contributed by atoms with Gasteiger partial charge in [0.2, 0.25) is 5.91 Å². The van der Waals surface area contributed by atoms with Gasteiger partial charge in [-0.15, -0.1) is 0 Å². The van der Waals surface area contributed by atoms with Crippen molar-refractivity contribution in [3.8, 4) is 0 Å². The lowest BCUT2D eigenvalue weighted by atomic mass is 10.0. The smallest absolute Gasteiger partial charge is 0.244 e. The van der Waals surface area contributed by atoms with Gasteiger partial charge < -0.3 is 4.90 Å². The number of nitrogens with zero attached hydrogens (tertiary/aromatic N) is 3. The van der Waals surface area contributed by atoms with E-state index in [2.05, 4.69) is 23.7 Å². The van der Waals surface area contributed by atoms with E-state index in [1.54, 1.807) is 11.1 Å². The molecule has 0 fully saturated rings. The molecule has 0 aliphatic heterocycles. The molecule has 2 rings (SSSR count). The molecule has 0 aliphatic carbocycles. The number of benzene rings is 1. The van der Waals surface area contributed by atoms with Crippen LogP contribution >= 0.6 is 0 Å². The van der Waals surface area contributed by atoms with Crippen molar-refractivity contribution >= 4 is 5.91 Å². The first kappa shape index (κ1) is 17.2. The number of aromatic nitrogens is 1. The van der Waals surface area contributed by atoms with Crippen LogP contribution in [0.4, 0.5) is 0 Å². The maximum atomic E-state index is 13.1. The van der Waals surface area contributed by atoms with Crippen molar-refractivity contribution in [1.29, 1.82) is 0 Å². The van der Waals surface area contributed by atoms with Gasteiger partial charge in [0.15, 0.2) is 0 Å². The fraction of sp³-hybridized carbons (Fsp3) is 0.368. The fourth-order valence-electron chi connectivity index (χ4n) is 2.75. The summed E-state index contributed by atoms with van der Waals surface area (Å²) in [6, 6.07) is 15.5. The highest BCUT2D eigenvalue weighted by Gasteiger charge is 2.28. The second-order valence-corrected chi connectivity index (χ2v) is 5.55. The zero-order valence-corrected chi connectivity index (χ0v) is 14.1. The summed E-state index contributed by atoms with van der Waals surface area (Å²) in [4.78, 5) is 21.3. The number of rotatable bonds is 7. The number of hydrogen-bond acceptors (Lipinski definition) is 3. The van der Waals surface area contributed by atoms with Crippen LogP contribution in [0.5, 0.6) is 0 Å². The lowest BCUT2D eigenvalue weighted by Gasteiger charge is -2.32. The van der Waals surface area contributed by atoms with E-state index in [4.69, 9.17) is 0 Å². The van der Waals surface area contributed by atoms with E-state index >= 15 is 0 Å². The maximum absolute atomic E-state index is 13.1. The van der Waals surface area contributed by atoms with Gasteiger partial charge in [0.05, 0.1) is 12.2 Å². The molecule has 4 heteroatoms. The Morgan fingerprint density at radius 1 is 1.04 bits per heavy atom. The van der Waals surface area contributed by atoms with Gasteiger partial charge in [-0.1, -0.05) is 50.2 Å². The number of hydrogen-bond donors (Lipinski definition) is 0. The van der Waals surface area contributed by atoms with Crippen molar-refractivity contribution in [3.63, 3.8) is 0 Å². The molecule has 1 aromatic heterocycles. The molecule has 0 radical (unpaired) electrons. The second kappa shape index (κ2) is 8.44. The van der Waals surface area contributed by atoms with Crippen LogP contribution in [0, 0.1) is 0 Å². The molecule has 0 saturated heterocycles. The highest BCUT2D eigenvalue weighted by atomic mass is 16.2. The van der Waals surface area contributed by atoms with Crippen molar-refractivity contribution in [2.75, 3.05) is 20.1 Å². The first-order chi connectivity index (χ1) is 11.2. The van der Waals surface area contributed by atoms with Gasteiger partial charge in [-0.2, -0.15) is 0 Å². The first-order valence-electron chi connectivity index (χ1n) is 8.11. The minimum Gasteiger partial charge on any atom is -0.338 e. The maximum Gasteiger partial charge on any atom is 0.244 e. The molecule has 1 atom stereocenters. The van der Waals surface area contributed by atoms with Crippen molar-refractivity contribution in [2.24, 2.45) is 0 Å². The SMILES string of the molecule is CCN(CC)[C@H](C(=O)N(C)Cc1ccccn1)c1ccccc1. The van der Waals surface area contributed by atoms with Crippen LogP contribution in [-0.4, -0.2) is 40.8 Å². The Balaban J connectivity index is 2.22. The average molecular weight is 311 g/mol. The first-order valence-corrected chi connectivity index (χ1v) is 8.11. The molecule has 1 amide bonds. The van der Waals surface area contributed by atoms with Crippen molar-refractivity contribution < 1.29 is 4.79 Å². The molecule has 0 saturated carbocycles. The number of amides is 1. The second-order valence-electron chi connectivity index (χ2n) is 5.55. The van der Waals surface area contributed by atoms with Crippen LogP contribution in [-0.2, 0) is 11.3 Å². The van der Waals surface area contributed by atoms with Gasteiger partial charge in [0, 0.05) is 13.2 Å². The van der Waals surface area contributed by atoms with Crippen LogP contribution in [0.25, 0.3) is 0 Å². The molecular weight excluding hydrogens is 286 g/mol. The molecule has 23 heavy (non-hydrogen) atoms. The Kier molecular flexibility index (Phi) is 6.29. The number of carbonyl (C=O) groups is 1. The van der Waals surface area contributed by atoms with Crippen molar-refractivity contribution in [2.45, 2.75) is 26.4 Å². The van der Waals surface area contributed by atoms with E-state index < -0.39 is 0 Å². The van der Waals surface area contributed by atoms with Gasteiger partial charge >= 0.3 is 0 Å². The van der Waals surface area contributed by atoms with E-state index in [0.29, 0.717) is 6.54 Å². The van der Waals surface area contributed by atoms with Crippen LogP contribution < -0.4 is 0 Å². The number of pyridine rings is 1. The summed E-state index contributed by atoms with van der Waals surface area (Å²) in [7, 11) is 1.84. The monoisotopic (exact) mass is 311 g/mol. The van der Waals surface area contributed by atoms with Crippen LogP contribution in [0.15, 0.2) is 54.7 Å². The predicted octanol–water partition coefficient (Wildman–Crippen LogP) is 3.12. The van der Waals surface area contributed by atoms with Gasteiger partial charge in [-0.3, -0.25) is 14.7 Å². The third-order valence-electron chi connectivity index (χ3n) is 4.03. The zero-order valence-electron chi connectivity index (χ0n) is 14.1. The summed E-state index contributed by atoms with van der Waals surface area (Å²) in [5.74, 6) is 0.102. The normalized spacial score (nSPS) is 12.2. The average Bonchev–Trinajstić information content (AvgIpc) is 2.60. The third kappa shape index (κ3) is 4.39. The van der Waals surface area contributed by atoms with Crippen LogP contribution in [0.1, 0.15) is 31.1 Å². The summed E-state index contributed by atoms with van der Waals surface area (Å²) in [5.41, 5.74) is 1.93. The Morgan fingerprint density at radius 3 is 2.26 bits per heavy atom. The van der Waals surface area contributed by atoms with Crippen LogP contribution in [0.2, 0.25) is 0 Å². The van der Waals surface area contributed by atoms with Crippen molar-refractivity contribution in [1.82, 2.24) is 14.8 Å². The molecule has 0 N–H and O–H groups in total. The predicted molar refractivity (Wildman–Crippen MR) is 92.8 cm³/mol. The molecule has 1 heterocycles. The minimum absolute atomic E-state index is 0.102. The molecule has 0 spiro atoms. The molecule has 0 unspecified atom stereocenters. The topological polar surface area (TPSA) is 36.4 Å². The molecule has 4 nitrogen and oxygen atoms in total. The van der Waals surface area contributed by atoms with E-state index in [0.717, 1.165) is 24.3 Å². The van der Waals surface area contributed by atoms with E-state index in [-0.39, 0.29) is 11.9 Å². The van der Waals surface area contributed by atoms with Gasteiger partial charge in [-0.25, -0.2) is 0 Å². The lowest BCUT2D eigenvalue weighted by molar-refractivity contribution is -0.136. The minimum atomic E-state index is -0.250. The summed E-state index contributed by atoms with van der Waals surface area (Å²) < 4.78 is 0. The van der Waals surface area contributed by atoms with Gasteiger partial charge in [0.25, 0.3) is 0 Å². The van der Waals surface area contributed by atoms with E-state index in [1.807, 2.05) is 55.6 Å². The Bertz CT molecular complexity index is 597. The van der Waals surface area contributed by atoms with E-state index in [1.165, 1.54) is 0 Å². The highest BCUT2D eigenvalue weighted by Crippen LogP contribution is 2.23. The molecule has 2 aromatic rings. The quantitative estimate of drug-likeness (QED) is 0.788. The van der Waals surface area contributed by atoms with Crippen molar-refractivity contribution in [3.05, 3.63) is 66.0 Å². The van der Waals surface area contributed by atoms with Crippen LogP contribution in [0.3, 0.4) is 0 Å². The Hall–Kier alpha value is -2.20. The largest absolute Gasteiger partial charge is 0.338 e. The van der Waals surface area contributed by atoms with E-state index in [9.17, 15) is 4.79 Å². The summed E-state index contributed by atoms with van der Waals surface area (Å²) >= 11 is 0. The Morgan fingerprint density at radius 2 is 1.70 bits per heavy atom. The molecule has 0 aliphatic rings. The van der Waals surface area contributed by atoms with Gasteiger partial charge in [0.1, 0.15) is 6.04 Å². The standard InChI is InChI=1S/C19H25N3O/c1-4-22(5-2)18(16-11-7-6-8-12-16)19(23)21(3)15-17-13-9-10-14-20-17/h6-14,18H,4-5,15H2,1-3H3/t18-/m0/s1. The molecule has 122 valence electrons. The fourth-order valence-corrected chi connectivity index (χ4v) is 2.75. The van der Waals surface area contributed by atoms with Gasteiger partial charge in [-0.05, 0) is 30.8 Å². The number of likely N-dealkylation sites (N-methyl/N-ethyl adjacent to an activating group) is 2. The summed E-state index contributed by atoms with van der Waals surface area (Å²) in [6.07, 6.45) is 1.76. The number of carbonyl (C=O) groups excluding carboxylic acids is 1. The highest BCUT2D eigenvalue weighted by molar-refractivity contribution is 5.83. The molecular formula is C19H25N3O.